The zero-order valence-corrected chi connectivity index (χ0v) is 17.7. The third-order valence-corrected chi connectivity index (χ3v) is 6.77. The lowest BCUT2D eigenvalue weighted by Crippen LogP contribution is -2.38. The van der Waals surface area contributed by atoms with E-state index in [2.05, 4.69) is 10.2 Å². The third kappa shape index (κ3) is 5.56. The number of ether oxygens (including phenoxy) is 1. The molecule has 162 valence electrons. The van der Waals surface area contributed by atoms with Gasteiger partial charge in [0.2, 0.25) is 0 Å². The highest BCUT2D eigenvalue weighted by molar-refractivity contribution is 7.92. The summed E-state index contributed by atoms with van der Waals surface area (Å²) in [5.74, 6) is -0.768. The highest BCUT2D eigenvalue weighted by Gasteiger charge is 2.22. The van der Waals surface area contributed by atoms with Crippen LogP contribution in [0.1, 0.15) is 16.8 Å². The Morgan fingerprint density at radius 2 is 1.87 bits per heavy atom. The number of carbonyl (C=O) groups excluding carboxylic acids is 1. The van der Waals surface area contributed by atoms with Crippen LogP contribution >= 0.6 is 0 Å². The van der Waals surface area contributed by atoms with Gasteiger partial charge in [0.05, 0.1) is 23.8 Å². The van der Waals surface area contributed by atoms with Gasteiger partial charge in [0.25, 0.3) is 15.9 Å². The normalized spacial score (nSPS) is 15.0. The topological polar surface area (TPSA) is 79.0 Å². The molecular formula is C21H26FN3O4S. The van der Waals surface area contributed by atoms with Gasteiger partial charge in [-0.15, -0.1) is 0 Å². The Bertz CT molecular complexity index is 960. The second-order valence-corrected chi connectivity index (χ2v) is 9.01. The molecule has 1 amide bonds. The average molecular weight is 436 g/mol. The smallest absolute Gasteiger partial charge is 0.264 e. The summed E-state index contributed by atoms with van der Waals surface area (Å²) in [7, 11) is -2.50. The molecule has 1 aliphatic rings. The van der Waals surface area contributed by atoms with Crippen LogP contribution in [0.4, 0.5) is 10.1 Å². The molecule has 0 spiro atoms. The van der Waals surface area contributed by atoms with E-state index in [-0.39, 0.29) is 16.4 Å². The largest absolute Gasteiger partial charge is 0.379 e. The number of benzene rings is 2. The van der Waals surface area contributed by atoms with Crippen molar-refractivity contribution in [1.82, 2.24) is 10.2 Å². The molecule has 1 aliphatic heterocycles. The van der Waals surface area contributed by atoms with Gasteiger partial charge in [-0.3, -0.25) is 14.0 Å². The number of carbonyl (C=O) groups is 1. The van der Waals surface area contributed by atoms with E-state index in [1.807, 2.05) is 0 Å². The maximum atomic E-state index is 13.1. The predicted molar refractivity (Wildman–Crippen MR) is 113 cm³/mol. The first-order valence-electron chi connectivity index (χ1n) is 9.81. The highest BCUT2D eigenvalue weighted by Crippen LogP contribution is 2.23. The Hall–Kier alpha value is -2.49. The summed E-state index contributed by atoms with van der Waals surface area (Å²) < 4.78 is 45.3. The molecule has 3 rings (SSSR count). The minimum Gasteiger partial charge on any atom is -0.379 e. The molecule has 1 saturated heterocycles. The molecule has 1 N–H and O–H groups in total. The summed E-state index contributed by atoms with van der Waals surface area (Å²) in [4.78, 5) is 14.7. The van der Waals surface area contributed by atoms with E-state index in [1.54, 1.807) is 6.07 Å². The number of sulfonamides is 1. The molecule has 9 heteroatoms. The van der Waals surface area contributed by atoms with Gasteiger partial charge in [-0.1, -0.05) is 6.07 Å². The standard InChI is InChI=1S/C21H26FN3O4S/c1-24(19-8-6-18(22)7-9-19)30(27,28)20-5-2-4-17(16-20)21(26)23-10-3-11-25-12-14-29-15-13-25/h2,4-9,16H,3,10-15H2,1H3,(H,23,26). The van der Waals surface area contributed by atoms with Crippen molar-refractivity contribution in [1.29, 1.82) is 0 Å². The van der Waals surface area contributed by atoms with Crippen molar-refractivity contribution in [3.05, 3.63) is 59.9 Å². The van der Waals surface area contributed by atoms with Crippen molar-refractivity contribution in [2.45, 2.75) is 11.3 Å². The number of halogens is 1. The first kappa shape index (κ1) is 22.2. The molecule has 7 nitrogen and oxygen atoms in total. The number of nitrogens with one attached hydrogen (secondary N) is 1. The number of nitrogens with zero attached hydrogens (tertiary/aromatic N) is 2. The molecule has 0 unspecified atom stereocenters. The van der Waals surface area contributed by atoms with Gasteiger partial charge in [-0.25, -0.2) is 12.8 Å². The van der Waals surface area contributed by atoms with E-state index >= 15 is 0 Å². The molecule has 0 bridgehead atoms. The lowest BCUT2D eigenvalue weighted by molar-refractivity contribution is 0.0374. The molecule has 0 aliphatic carbocycles. The fourth-order valence-electron chi connectivity index (χ4n) is 3.18. The van der Waals surface area contributed by atoms with Crippen molar-refractivity contribution < 1.29 is 22.3 Å². The van der Waals surface area contributed by atoms with E-state index in [9.17, 15) is 17.6 Å². The molecule has 30 heavy (non-hydrogen) atoms. The fourth-order valence-corrected chi connectivity index (χ4v) is 4.42. The number of hydrogen-bond donors (Lipinski definition) is 1. The summed E-state index contributed by atoms with van der Waals surface area (Å²) in [5, 5.41) is 2.84. The van der Waals surface area contributed by atoms with Crippen LogP contribution in [0.3, 0.4) is 0 Å². The third-order valence-electron chi connectivity index (χ3n) is 4.99. The Morgan fingerprint density at radius 3 is 2.57 bits per heavy atom. The van der Waals surface area contributed by atoms with Crippen molar-refractivity contribution in [3.8, 4) is 0 Å². The molecule has 1 fully saturated rings. The lowest BCUT2D eigenvalue weighted by Gasteiger charge is -2.26. The van der Waals surface area contributed by atoms with Gasteiger partial charge in [0.1, 0.15) is 5.82 Å². The van der Waals surface area contributed by atoms with Crippen molar-refractivity contribution in [2.75, 3.05) is 50.7 Å². The molecule has 0 atom stereocenters. The monoisotopic (exact) mass is 435 g/mol. The van der Waals surface area contributed by atoms with Crippen LogP contribution in [0.15, 0.2) is 53.4 Å². The second-order valence-electron chi connectivity index (χ2n) is 7.04. The maximum absolute atomic E-state index is 13.1. The van der Waals surface area contributed by atoms with Gasteiger partial charge >= 0.3 is 0 Å². The summed E-state index contributed by atoms with van der Waals surface area (Å²) in [5.41, 5.74) is 0.601. The Kier molecular flexibility index (Phi) is 7.41. The molecule has 2 aromatic carbocycles. The number of hydrogen-bond acceptors (Lipinski definition) is 5. The second kappa shape index (κ2) is 10.0. The van der Waals surface area contributed by atoms with Gasteiger partial charge in [0, 0.05) is 32.2 Å². The molecule has 0 aromatic heterocycles. The maximum Gasteiger partial charge on any atom is 0.264 e. The summed E-state index contributed by atoms with van der Waals surface area (Å²) >= 11 is 0. The van der Waals surface area contributed by atoms with Crippen molar-refractivity contribution in [2.24, 2.45) is 0 Å². The first-order chi connectivity index (χ1) is 14.4. The summed E-state index contributed by atoms with van der Waals surface area (Å²) in [6.07, 6.45) is 0.803. The number of anilines is 1. The van der Waals surface area contributed by atoms with Crippen molar-refractivity contribution >= 4 is 21.6 Å². The SMILES string of the molecule is CN(c1ccc(F)cc1)S(=O)(=O)c1cccc(C(=O)NCCCN2CCOCC2)c1. The molecule has 0 radical (unpaired) electrons. The van der Waals surface area contributed by atoms with Crippen LogP contribution in [0.5, 0.6) is 0 Å². The molecule has 0 saturated carbocycles. The zero-order valence-electron chi connectivity index (χ0n) is 16.9. The lowest BCUT2D eigenvalue weighted by atomic mass is 10.2. The van der Waals surface area contributed by atoms with E-state index in [0.29, 0.717) is 12.2 Å². The van der Waals surface area contributed by atoms with Gasteiger partial charge in [0.15, 0.2) is 0 Å². The quantitative estimate of drug-likeness (QED) is 0.643. The Balaban J connectivity index is 1.61. The van der Waals surface area contributed by atoms with Crippen LogP contribution in [-0.4, -0.2) is 65.7 Å². The summed E-state index contributed by atoms with van der Waals surface area (Å²) in [6.45, 7) is 4.65. The molecular weight excluding hydrogens is 409 g/mol. The van der Waals surface area contributed by atoms with E-state index in [4.69, 9.17) is 4.74 Å². The van der Waals surface area contributed by atoms with E-state index in [0.717, 1.165) is 43.6 Å². The fraction of sp³-hybridized carbons (Fsp3) is 0.381. The minimum atomic E-state index is -3.89. The Morgan fingerprint density at radius 1 is 1.17 bits per heavy atom. The average Bonchev–Trinajstić information content (AvgIpc) is 2.77. The van der Waals surface area contributed by atoms with Crippen LogP contribution in [0.25, 0.3) is 0 Å². The van der Waals surface area contributed by atoms with Crippen LogP contribution in [-0.2, 0) is 14.8 Å². The number of amides is 1. The van der Waals surface area contributed by atoms with Gasteiger partial charge in [-0.05, 0) is 55.4 Å². The van der Waals surface area contributed by atoms with E-state index < -0.39 is 15.8 Å². The van der Waals surface area contributed by atoms with Crippen molar-refractivity contribution in [3.63, 3.8) is 0 Å². The zero-order chi connectivity index (χ0) is 21.6. The highest BCUT2D eigenvalue weighted by atomic mass is 32.2. The van der Waals surface area contributed by atoms with Gasteiger partial charge in [-0.2, -0.15) is 0 Å². The van der Waals surface area contributed by atoms with Gasteiger partial charge < -0.3 is 10.1 Å². The Labute approximate surface area is 176 Å². The predicted octanol–water partition coefficient (Wildman–Crippen LogP) is 2.10. The summed E-state index contributed by atoms with van der Waals surface area (Å²) in [6, 6.07) is 11.1. The minimum absolute atomic E-state index is 0.00436. The van der Waals surface area contributed by atoms with Crippen LogP contribution in [0, 0.1) is 5.82 Å². The number of morpholine rings is 1. The molecule has 2 aromatic rings. The van der Waals surface area contributed by atoms with E-state index in [1.165, 1.54) is 49.5 Å². The first-order valence-corrected chi connectivity index (χ1v) is 11.2. The molecule has 1 heterocycles. The van der Waals surface area contributed by atoms with Crippen LogP contribution in [0.2, 0.25) is 0 Å². The van der Waals surface area contributed by atoms with Crippen LogP contribution < -0.4 is 9.62 Å². The number of rotatable bonds is 8.